The third-order valence-electron chi connectivity index (χ3n) is 4.79. The average Bonchev–Trinajstić information content (AvgIpc) is 3.36. The molecular weight excluding hydrogens is 340 g/mol. The number of H-pyrrole nitrogens is 1. The molecule has 7 heteroatoms. The lowest BCUT2D eigenvalue weighted by atomic mass is 10.1. The van der Waals surface area contributed by atoms with E-state index in [2.05, 4.69) is 30.2 Å². The fraction of sp³-hybridized carbons (Fsp3) is 0.300. The molecule has 4 rings (SSSR count). The lowest BCUT2D eigenvalue weighted by Crippen LogP contribution is -2.24. The summed E-state index contributed by atoms with van der Waals surface area (Å²) >= 11 is 0. The van der Waals surface area contributed by atoms with Gasteiger partial charge in [0.05, 0.1) is 18.1 Å². The Morgan fingerprint density at radius 2 is 2.22 bits per heavy atom. The van der Waals surface area contributed by atoms with Crippen LogP contribution in [0.15, 0.2) is 49.1 Å². The van der Waals surface area contributed by atoms with Crippen molar-refractivity contribution in [2.45, 2.75) is 32.4 Å². The molecular formula is C20H22N6O. The fourth-order valence-electron chi connectivity index (χ4n) is 3.43. The highest BCUT2D eigenvalue weighted by atomic mass is 16.1. The maximum Gasteiger partial charge on any atom is 0.275 e. The van der Waals surface area contributed by atoms with Crippen LogP contribution < -0.4 is 5.32 Å². The van der Waals surface area contributed by atoms with Crippen LogP contribution in [0, 0.1) is 6.92 Å². The maximum atomic E-state index is 12.6. The molecule has 0 spiro atoms. The first-order valence-corrected chi connectivity index (χ1v) is 9.11. The largest absolute Gasteiger partial charge is 0.347 e. The highest BCUT2D eigenvalue weighted by Crippen LogP contribution is 2.31. The molecule has 1 aliphatic heterocycles. The van der Waals surface area contributed by atoms with E-state index in [1.807, 2.05) is 31.3 Å². The van der Waals surface area contributed by atoms with Gasteiger partial charge in [-0.3, -0.25) is 9.69 Å². The molecule has 1 fully saturated rings. The van der Waals surface area contributed by atoms with Gasteiger partial charge < -0.3 is 10.3 Å². The number of nitrogens with zero attached hydrogens (tertiary/aromatic N) is 4. The van der Waals surface area contributed by atoms with Gasteiger partial charge in [-0.05, 0) is 50.1 Å². The van der Waals surface area contributed by atoms with Crippen molar-refractivity contribution in [3.63, 3.8) is 0 Å². The van der Waals surface area contributed by atoms with Gasteiger partial charge in [-0.2, -0.15) is 0 Å². The quantitative estimate of drug-likeness (QED) is 0.728. The molecule has 7 nitrogen and oxygen atoms in total. The lowest BCUT2D eigenvalue weighted by molar-refractivity contribution is 0.102. The Labute approximate surface area is 157 Å². The summed E-state index contributed by atoms with van der Waals surface area (Å²) in [6, 6.07) is 9.54. The molecule has 1 atom stereocenters. The molecule has 0 saturated carbocycles. The number of likely N-dealkylation sites (tertiary alicyclic amines) is 1. The van der Waals surface area contributed by atoms with Crippen LogP contribution in [-0.4, -0.2) is 37.3 Å². The number of hydrogen-bond donors (Lipinski definition) is 2. The number of pyridine rings is 2. The van der Waals surface area contributed by atoms with Gasteiger partial charge in [-0.25, -0.2) is 15.0 Å². The topological polar surface area (TPSA) is 86.8 Å². The van der Waals surface area contributed by atoms with Gasteiger partial charge in [0.2, 0.25) is 0 Å². The summed E-state index contributed by atoms with van der Waals surface area (Å²) in [6.45, 7) is 3.77. The summed E-state index contributed by atoms with van der Waals surface area (Å²) in [5.74, 6) is 0.283. The Morgan fingerprint density at radius 3 is 3.00 bits per heavy atom. The van der Waals surface area contributed by atoms with E-state index >= 15 is 0 Å². The van der Waals surface area contributed by atoms with Gasteiger partial charge in [0.25, 0.3) is 5.91 Å². The molecule has 138 valence electrons. The number of carbonyl (C=O) groups excluding carboxylic acids is 1. The van der Waals surface area contributed by atoms with E-state index in [0.29, 0.717) is 11.5 Å². The van der Waals surface area contributed by atoms with Gasteiger partial charge in [-0.1, -0.05) is 12.1 Å². The summed E-state index contributed by atoms with van der Waals surface area (Å²) in [5.41, 5.74) is 3.47. The highest BCUT2D eigenvalue weighted by molar-refractivity contribution is 6.02. The normalized spacial score (nSPS) is 17.1. The second-order valence-corrected chi connectivity index (χ2v) is 6.83. The zero-order valence-electron chi connectivity index (χ0n) is 15.2. The molecule has 0 unspecified atom stereocenters. The zero-order valence-corrected chi connectivity index (χ0v) is 15.2. The van der Waals surface area contributed by atoms with E-state index in [9.17, 15) is 4.79 Å². The molecule has 0 aromatic carbocycles. The van der Waals surface area contributed by atoms with E-state index in [-0.39, 0.29) is 11.9 Å². The zero-order chi connectivity index (χ0) is 18.6. The van der Waals surface area contributed by atoms with E-state index in [4.69, 9.17) is 0 Å². The Hall–Kier alpha value is -3.06. The highest BCUT2D eigenvalue weighted by Gasteiger charge is 2.27. The van der Waals surface area contributed by atoms with Crippen LogP contribution in [-0.2, 0) is 6.54 Å². The number of rotatable bonds is 5. The number of amides is 1. The third kappa shape index (κ3) is 4.03. The first kappa shape index (κ1) is 17.4. The Bertz CT molecular complexity index is 906. The number of aryl methyl sites for hydroxylation is 1. The molecule has 0 radical (unpaired) electrons. The summed E-state index contributed by atoms with van der Waals surface area (Å²) in [6.07, 6.45) is 7.42. The summed E-state index contributed by atoms with van der Waals surface area (Å²) in [5, 5.41) is 2.81. The SMILES string of the molecule is Cc1ccc(NC(=O)c2cccc([C@@H]3CCCN3Cc3cnc[nH]3)n2)nc1. The van der Waals surface area contributed by atoms with Crippen LogP contribution in [0.4, 0.5) is 5.82 Å². The van der Waals surface area contributed by atoms with Crippen LogP contribution in [0.3, 0.4) is 0 Å². The van der Waals surface area contributed by atoms with Crippen molar-refractivity contribution in [2.75, 3.05) is 11.9 Å². The first-order valence-electron chi connectivity index (χ1n) is 9.11. The standard InChI is InChI=1S/C20H22N6O/c1-14-7-8-19(22-10-14)25-20(27)17-5-2-4-16(24-17)18-6-3-9-26(18)12-15-11-21-13-23-15/h2,4-5,7-8,10-11,13,18H,3,6,9,12H2,1H3,(H,21,23)(H,22,25,27)/t18-/m0/s1. The average molecular weight is 362 g/mol. The molecule has 1 saturated heterocycles. The summed E-state index contributed by atoms with van der Waals surface area (Å²) in [7, 11) is 0. The van der Waals surface area contributed by atoms with Crippen LogP contribution >= 0.6 is 0 Å². The molecule has 1 aliphatic rings. The fourth-order valence-corrected chi connectivity index (χ4v) is 3.43. The molecule has 1 amide bonds. The summed E-state index contributed by atoms with van der Waals surface area (Å²) in [4.78, 5) is 31.0. The number of nitrogens with one attached hydrogen (secondary N) is 2. The van der Waals surface area contributed by atoms with Crippen LogP contribution in [0.25, 0.3) is 0 Å². The van der Waals surface area contributed by atoms with Crippen molar-refractivity contribution in [1.82, 2.24) is 24.8 Å². The van der Waals surface area contributed by atoms with E-state index in [0.717, 1.165) is 42.9 Å². The van der Waals surface area contributed by atoms with Crippen LogP contribution in [0.1, 0.15) is 46.3 Å². The minimum absolute atomic E-state index is 0.207. The predicted molar refractivity (Wildman–Crippen MR) is 102 cm³/mol. The summed E-state index contributed by atoms with van der Waals surface area (Å²) < 4.78 is 0. The Kier molecular flexibility index (Phi) is 4.93. The minimum atomic E-state index is -0.244. The Balaban J connectivity index is 1.49. The van der Waals surface area contributed by atoms with E-state index in [1.54, 1.807) is 24.7 Å². The van der Waals surface area contributed by atoms with Crippen molar-refractivity contribution < 1.29 is 4.79 Å². The van der Waals surface area contributed by atoms with Gasteiger partial charge in [0.1, 0.15) is 11.5 Å². The van der Waals surface area contributed by atoms with Crippen molar-refractivity contribution in [3.05, 3.63) is 71.7 Å². The third-order valence-corrected chi connectivity index (χ3v) is 4.79. The lowest BCUT2D eigenvalue weighted by Gasteiger charge is -2.23. The van der Waals surface area contributed by atoms with Gasteiger partial charge >= 0.3 is 0 Å². The first-order chi connectivity index (χ1) is 13.2. The molecule has 3 aromatic rings. The molecule has 0 bridgehead atoms. The second kappa shape index (κ2) is 7.67. The van der Waals surface area contributed by atoms with Gasteiger partial charge in [0, 0.05) is 24.6 Å². The van der Waals surface area contributed by atoms with Gasteiger partial charge in [-0.15, -0.1) is 0 Å². The minimum Gasteiger partial charge on any atom is -0.347 e. The molecule has 0 aliphatic carbocycles. The number of carbonyl (C=O) groups is 1. The van der Waals surface area contributed by atoms with E-state index < -0.39 is 0 Å². The molecule has 27 heavy (non-hydrogen) atoms. The molecule has 2 N–H and O–H groups in total. The number of anilines is 1. The second-order valence-electron chi connectivity index (χ2n) is 6.83. The monoisotopic (exact) mass is 362 g/mol. The number of aromatic nitrogens is 4. The van der Waals surface area contributed by atoms with Gasteiger partial charge in [0.15, 0.2) is 0 Å². The van der Waals surface area contributed by atoms with Crippen molar-refractivity contribution in [1.29, 1.82) is 0 Å². The Morgan fingerprint density at radius 1 is 1.30 bits per heavy atom. The number of hydrogen-bond acceptors (Lipinski definition) is 5. The number of imidazole rings is 1. The molecule has 4 heterocycles. The smallest absolute Gasteiger partial charge is 0.275 e. The van der Waals surface area contributed by atoms with Crippen molar-refractivity contribution in [2.24, 2.45) is 0 Å². The van der Waals surface area contributed by atoms with Crippen molar-refractivity contribution >= 4 is 11.7 Å². The van der Waals surface area contributed by atoms with Crippen molar-refractivity contribution in [3.8, 4) is 0 Å². The van der Waals surface area contributed by atoms with E-state index in [1.165, 1.54) is 0 Å². The van der Waals surface area contributed by atoms with Crippen LogP contribution in [0.2, 0.25) is 0 Å². The number of aromatic amines is 1. The predicted octanol–water partition coefficient (Wildman–Crippen LogP) is 3.10. The van der Waals surface area contributed by atoms with Crippen LogP contribution in [0.5, 0.6) is 0 Å². The maximum absolute atomic E-state index is 12.6. The molecule has 3 aromatic heterocycles.